The molecular formula is C16H18ClN3O3S. The van der Waals surface area contributed by atoms with Crippen LogP contribution in [0.1, 0.15) is 25.1 Å². The average Bonchev–Trinajstić information content (AvgIpc) is 2.97. The lowest BCUT2D eigenvalue weighted by Crippen LogP contribution is -2.07. The fourth-order valence-corrected chi connectivity index (χ4v) is 2.73. The van der Waals surface area contributed by atoms with E-state index in [1.807, 2.05) is 13.0 Å². The zero-order valence-electron chi connectivity index (χ0n) is 13.4. The number of anilines is 1. The van der Waals surface area contributed by atoms with Gasteiger partial charge in [-0.1, -0.05) is 11.6 Å². The average molecular weight is 368 g/mol. The van der Waals surface area contributed by atoms with E-state index >= 15 is 0 Å². The smallest absolute Gasteiger partial charge is 0.311 e. The summed E-state index contributed by atoms with van der Waals surface area (Å²) < 4.78 is 10.3. The Bertz CT molecular complexity index is 718. The van der Waals surface area contributed by atoms with E-state index in [0.717, 1.165) is 5.56 Å². The number of hydrogen-bond donors (Lipinski definition) is 1. The molecule has 1 aromatic heterocycles. The van der Waals surface area contributed by atoms with Crippen molar-refractivity contribution in [1.29, 1.82) is 0 Å². The van der Waals surface area contributed by atoms with Crippen molar-refractivity contribution in [2.75, 3.05) is 18.6 Å². The first-order valence-corrected chi connectivity index (χ1v) is 8.69. The maximum absolute atomic E-state index is 11.4. The Kier molecular flexibility index (Phi) is 7.02. The molecule has 0 saturated carbocycles. The zero-order valence-corrected chi connectivity index (χ0v) is 15.0. The van der Waals surface area contributed by atoms with Gasteiger partial charge in [0.1, 0.15) is 5.75 Å². The van der Waals surface area contributed by atoms with E-state index in [9.17, 15) is 4.79 Å². The number of carbonyl (C=O) groups excluding carboxylic acids is 1. The van der Waals surface area contributed by atoms with Gasteiger partial charge in [-0.05, 0) is 37.6 Å². The number of nitrogens with one attached hydrogen (secondary N) is 1. The molecule has 0 saturated heterocycles. The Balaban J connectivity index is 1.91. The summed E-state index contributed by atoms with van der Waals surface area (Å²) in [7, 11) is 0. The third-order valence-electron chi connectivity index (χ3n) is 2.81. The van der Waals surface area contributed by atoms with Gasteiger partial charge in [0.2, 0.25) is 5.13 Å². The number of hydrogen-bond acceptors (Lipinski definition) is 7. The van der Waals surface area contributed by atoms with Gasteiger partial charge < -0.3 is 9.47 Å². The van der Waals surface area contributed by atoms with E-state index in [0.29, 0.717) is 34.8 Å². The molecule has 24 heavy (non-hydrogen) atoms. The van der Waals surface area contributed by atoms with Crippen molar-refractivity contribution in [2.45, 2.75) is 20.3 Å². The molecule has 6 nitrogen and oxygen atoms in total. The number of esters is 1. The lowest BCUT2D eigenvalue weighted by Gasteiger charge is -2.05. The van der Waals surface area contributed by atoms with Gasteiger partial charge in [0.25, 0.3) is 0 Å². The van der Waals surface area contributed by atoms with Gasteiger partial charge in [-0.15, -0.1) is 11.3 Å². The molecule has 128 valence electrons. The van der Waals surface area contributed by atoms with Crippen LogP contribution < -0.4 is 10.2 Å². The maximum atomic E-state index is 11.4. The van der Waals surface area contributed by atoms with Crippen LogP contribution in [0.25, 0.3) is 0 Å². The highest BCUT2D eigenvalue weighted by atomic mass is 35.5. The fraction of sp³-hybridized carbons (Fsp3) is 0.312. The predicted molar refractivity (Wildman–Crippen MR) is 96.3 cm³/mol. The van der Waals surface area contributed by atoms with Crippen molar-refractivity contribution in [3.8, 4) is 5.75 Å². The van der Waals surface area contributed by atoms with Crippen LogP contribution in [0.15, 0.2) is 28.7 Å². The minimum Gasteiger partial charge on any atom is -0.492 e. The zero-order chi connectivity index (χ0) is 17.4. The Hall–Kier alpha value is -2.12. The number of hydrazone groups is 1. The minimum atomic E-state index is -0.290. The molecule has 2 aromatic rings. The Labute approximate surface area is 149 Å². The number of aromatic nitrogens is 1. The minimum absolute atomic E-state index is 0.157. The largest absolute Gasteiger partial charge is 0.492 e. The van der Waals surface area contributed by atoms with Crippen LogP contribution in [-0.2, 0) is 16.0 Å². The van der Waals surface area contributed by atoms with E-state index < -0.39 is 0 Å². The van der Waals surface area contributed by atoms with Crippen molar-refractivity contribution in [3.63, 3.8) is 0 Å². The lowest BCUT2D eigenvalue weighted by molar-refractivity contribution is -0.142. The molecule has 0 spiro atoms. The molecule has 0 amide bonds. The molecule has 0 radical (unpaired) electrons. The molecule has 0 atom stereocenters. The number of thiazole rings is 1. The third-order valence-corrected chi connectivity index (χ3v) is 3.90. The summed E-state index contributed by atoms with van der Waals surface area (Å²) in [6, 6.07) is 5.43. The van der Waals surface area contributed by atoms with Gasteiger partial charge in [-0.25, -0.2) is 4.98 Å². The quantitative estimate of drug-likeness (QED) is 0.437. The highest BCUT2D eigenvalue weighted by Crippen LogP contribution is 2.24. The SMILES string of the molecule is CCOC(=O)Cc1csc(N/N=C\c2ccc(OCC)c(Cl)c2)n1. The van der Waals surface area contributed by atoms with Crippen LogP contribution >= 0.6 is 22.9 Å². The van der Waals surface area contributed by atoms with E-state index in [1.165, 1.54) is 11.3 Å². The first-order chi connectivity index (χ1) is 11.6. The van der Waals surface area contributed by atoms with Crippen molar-refractivity contribution in [2.24, 2.45) is 5.10 Å². The molecule has 2 rings (SSSR count). The summed E-state index contributed by atoms with van der Waals surface area (Å²) in [5.41, 5.74) is 4.31. The molecule has 8 heteroatoms. The van der Waals surface area contributed by atoms with Crippen LogP contribution in [0.4, 0.5) is 5.13 Å². The summed E-state index contributed by atoms with van der Waals surface area (Å²) >= 11 is 7.49. The van der Waals surface area contributed by atoms with E-state index in [2.05, 4.69) is 15.5 Å². The topological polar surface area (TPSA) is 72.8 Å². The van der Waals surface area contributed by atoms with Gasteiger partial charge in [0, 0.05) is 5.38 Å². The van der Waals surface area contributed by atoms with Crippen LogP contribution in [0.3, 0.4) is 0 Å². The second-order valence-corrected chi connectivity index (χ2v) is 5.88. The first kappa shape index (κ1) is 18.2. The second kappa shape index (κ2) is 9.24. The second-order valence-electron chi connectivity index (χ2n) is 4.62. The van der Waals surface area contributed by atoms with Crippen LogP contribution in [0.5, 0.6) is 5.75 Å². The number of carbonyl (C=O) groups is 1. The molecule has 1 heterocycles. The van der Waals surface area contributed by atoms with E-state index in [4.69, 9.17) is 21.1 Å². The predicted octanol–water partition coefficient (Wildman–Crippen LogP) is 3.75. The van der Waals surface area contributed by atoms with Crippen LogP contribution in [0.2, 0.25) is 5.02 Å². The number of halogens is 1. The number of nitrogens with zero attached hydrogens (tertiary/aromatic N) is 2. The van der Waals surface area contributed by atoms with Gasteiger partial charge in [-0.3, -0.25) is 10.2 Å². The molecule has 0 fully saturated rings. The van der Waals surface area contributed by atoms with Gasteiger partial charge in [0.05, 0.1) is 36.6 Å². The molecule has 1 N–H and O–H groups in total. The standard InChI is InChI=1S/C16H18ClN3O3S/c1-3-22-14-6-5-11(7-13(14)17)9-18-20-16-19-12(10-24-16)8-15(21)23-4-2/h5-7,9-10H,3-4,8H2,1-2H3,(H,19,20)/b18-9-. The van der Waals surface area contributed by atoms with Gasteiger partial charge >= 0.3 is 5.97 Å². The normalized spacial score (nSPS) is 10.8. The van der Waals surface area contributed by atoms with Gasteiger partial charge in [0.15, 0.2) is 0 Å². The van der Waals surface area contributed by atoms with Crippen LogP contribution in [0, 0.1) is 0 Å². The Morgan fingerprint density at radius 2 is 2.25 bits per heavy atom. The monoisotopic (exact) mass is 367 g/mol. The number of ether oxygens (including phenoxy) is 2. The van der Waals surface area contributed by atoms with Crippen LogP contribution in [-0.4, -0.2) is 30.4 Å². The third kappa shape index (κ3) is 5.50. The number of benzene rings is 1. The van der Waals surface area contributed by atoms with Crippen molar-refractivity contribution >= 4 is 40.3 Å². The van der Waals surface area contributed by atoms with Crippen molar-refractivity contribution in [1.82, 2.24) is 4.98 Å². The van der Waals surface area contributed by atoms with Gasteiger partial charge in [-0.2, -0.15) is 5.10 Å². The number of rotatable bonds is 8. The van der Waals surface area contributed by atoms with E-state index in [1.54, 1.807) is 30.7 Å². The summed E-state index contributed by atoms with van der Waals surface area (Å²) in [6.07, 6.45) is 1.79. The first-order valence-electron chi connectivity index (χ1n) is 7.43. The lowest BCUT2D eigenvalue weighted by atomic mass is 10.2. The molecule has 0 aliphatic heterocycles. The maximum Gasteiger partial charge on any atom is 0.311 e. The van der Waals surface area contributed by atoms with Crippen molar-refractivity contribution in [3.05, 3.63) is 39.9 Å². The Morgan fingerprint density at radius 3 is 2.96 bits per heavy atom. The Morgan fingerprint density at radius 1 is 1.42 bits per heavy atom. The molecule has 0 unspecified atom stereocenters. The molecule has 0 aliphatic carbocycles. The molecule has 0 aliphatic rings. The summed E-state index contributed by atoms with van der Waals surface area (Å²) in [5.74, 6) is 0.356. The van der Waals surface area contributed by atoms with E-state index in [-0.39, 0.29) is 12.4 Å². The highest BCUT2D eigenvalue weighted by molar-refractivity contribution is 7.13. The molecule has 1 aromatic carbocycles. The molecule has 0 bridgehead atoms. The fourth-order valence-electron chi connectivity index (χ4n) is 1.83. The highest BCUT2D eigenvalue weighted by Gasteiger charge is 2.08. The van der Waals surface area contributed by atoms with Crippen molar-refractivity contribution < 1.29 is 14.3 Å². The summed E-state index contributed by atoms with van der Waals surface area (Å²) in [6.45, 7) is 4.60. The summed E-state index contributed by atoms with van der Waals surface area (Å²) in [4.78, 5) is 15.7. The summed E-state index contributed by atoms with van der Waals surface area (Å²) in [5, 5.41) is 7.04. The molecular weight excluding hydrogens is 350 g/mol.